The van der Waals surface area contributed by atoms with Gasteiger partial charge in [-0.3, -0.25) is 0 Å². The van der Waals surface area contributed by atoms with Crippen LogP contribution in [-0.2, 0) is 4.74 Å². The maximum Gasteiger partial charge on any atom is 0.111 e. The summed E-state index contributed by atoms with van der Waals surface area (Å²) in [7, 11) is 0. The lowest BCUT2D eigenvalue weighted by molar-refractivity contribution is -0.253. The molecule has 0 aromatic rings. The van der Waals surface area contributed by atoms with E-state index in [1.807, 2.05) is 13.8 Å². The van der Waals surface area contributed by atoms with Crippen molar-refractivity contribution in [2.45, 2.75) is 135 Å². The Morgan fingerprint density at radius 3 is 2.51 bits per heavy atom. The van der Waals surface area contributed by atoms with E-state index in [9.17, 15) is 25.5 Å². The summed E-state index contributed by atoms with van der Waals surface area (Å²) in [5.41, 5.74) is 3.90. The van der Waals surface area contributed by atoms with Crippen molar-refractivity contribution in [1.29, 1.82) is 0 Å². The number of ether oxygens (including phenoxy) is 1. The highest BCUT2D eigenvalue weighted by Crippen LogP contribution is 2.60. The minimum Gasteiger partial charge on any atom is -0.394 e. The molecular weight excluding hydrogens is 492 g/mol. The molecule has 222 valence electrons. The highest BCUT2D eigenvalue weighted by atomic mass is 16.5. The average molecular weight is 547 g/mol. The first kappa shape index (κ1) is 30.9. The van der Waals surface area contributed by atoms with Crippen molar-refractivity contribution >= 4 is 0 Å². The molecule has 0 spiro atoms. The van der Waals surface area contributed by atoms with Crippen molar-refractivity contribution < 1.29 is 30.3 Å². The second kappa shape index (κ2) is 12.5. The molecule has 3 saturated carbocycles. The maximum atomic E-state index is 10.6. The van der Waals surface area contributed by atoms with Crippen molar-refractivity contribution in [3.05, 3.63) is 35.5 Å². The van der Waals surface area contributed by atoms with Crippen LogP contribution in [0.15, 0.2) is 35.5 Å². The van der Waals surface area contributed by atoms with Gasteiger partial charge in [0.1, 0.15) is 24.4 Å². The quantitative estimate of drug-likeness (QED) is 0.298. The zero-order valence-electron chi connectivity index (χ0n) is 24.7. The Hall–Kier alpha value is -1.02. The molecule has 1 unspecified atom stereocenters. The van der Waals surface area contributed by atoms with Crippen LogP contribution in [0.3, 0.4) is 0 Å². The maximum absolute atomic E-state index is 10.6. The lowest BCUT2D eigenvalue weighted by atomic mass is 9.60. The Morgan fingerprint density at radius 2 is 1.79 bits per heavy atom. The molecule has 4 fully saturated rings. The number of aliphatic hydroxyl groups is 5. The van der Waals surface area contributed by atoms with Crippen LogP contribution in [0.25, 0.3) is 0 Å². The predicted molar refractivity (Wildman–Crippen MR) is 154 cm³/mol. The summed E-state index contributed by atoms with van der Waals surface area (Å²) >= 11 is 0. The molecule has 0 bridgehead atoms. The molecule has 0 amide bonds. The lowest BCUT2D eigenvalue weighted by Crippen LogP contribution is -2.62. The number of hydrogen-bond donors (Lipinski definition) is 5. The van der Waals surface area contributed by atoms with Gasteiger partial charge < -0.3 is 30.3 Å². The molecule has 4 aliphatic rings. The summed E-state index contributed by atoms with van der Waals surface area (Å²) in [4.78, 5) is 0. The van der Waals surface area contributed by atoms with Gasteiger partial charge in [-0.1, -0.05) is 70.4 Å². The third kappa shape index (κ3) is 6.42. The fraction of sp³-hybridized carbons (Fsp3) is 0.818. The van der Waals surface area contributed by atoms with E-state index >= 15 is 0 Å². The molecule has 0 aromatic heterocycles. The summed E-state index contributed by atoms with van der Waals surface area (Å²) in [5, 5.41) is 50.8. The number of allylic oxidation sites excluding steroid dienone is 4. The molecule has 39 heavy (non-hydrogen) atoms. The van der Waals surface area contributed by atoms with E-state index < -0.39 is 35.9 Å². The van der Waals surface area contributed by atoms with Gasteiger partial charge in [0.25, 0.3) is 0 Å². The molecule has 1 heterocycles. The first-order valence-corrected chi connectivity index (χ1v) is 15.5. The molecule has 1 aliphatic heterocycles. The van der Waals surface area contributed by atoms with Crippen LogP contribution in [0.5, 0.6) is 0 Å². The van der Waals surface area contributed by atoms with Crippen LogP contribution in [0.2, 0.25) is 0 Å². The molecule has 4 rings (SSSR count). The van der Waals surface area contributed by atoms with Crippen molar-refractivity contribution in [3.63, 3.8) is 0 Å². The Morgan fingerprint density at radius 1 is 1.05 bits per heavy atom. The SMILES string of the molecule is C=C1CC[C@H](O)C/C1=C/C=C1CCC[C@@]2(C)C1CC[C@@H]2[C@H](C)CCCC(C)(C)[C@@H]1O[C@H](CO)[C@@H](O)[C@H](O)[C@H]1O. The smallest absolute Gasteiger partial charge is 0.111 e. The van der Waals surface area contributed by atoms with Gasteiger partial charge in [0.15, 0.2) is 0 Å². The van der Waals surface area contributed by atoms with E-state index in [2.05, 4.69) is 32.6 Å². The molecule has 5 N–H and O–H groups in total. The zero-order valence-corrected chi connectivity index (χ0v) is 24.7. The Balaban J connectivity index is 1.36. The third-order valence-electron chi connectivity index (χ3n) is 11.1. The number of hydrogen-bond acceptors (Lipinski definition) is 6. The second-order valence-electron chi connectivity index (χ2n) is 14.1. The van der Waals surface area contributed by atoms with Crippen molar-refractivity contribution in [3.8, 4) is 0 Å². The molecule has 1 saturated heterocycles. The van der Waals surface area contributed by atoms with E-state index in [0.29, 0.717) is 23.2 Å². The molecule has 10 atom stereocenters. The van der Waals surface area contributed by atoms with Gasteiger partial charge in [-0.25, -0.2) is 0 Å². The van der Waals surface area contributed by atoms with Gasteiger partial charge in [-0.2, -0.15) is 0 Å². The van der Waals surface area contributed by atoms with Crippen LogP contribution >= 0.6 is 0 Å². The normalized spacial score (nSPS) is 42.6. The average Bonchev–Trinajstić information content (AvgIpc) is 3.25. The minimum absolute atomic E-state index is 0.237. The molecule has 0 radical (unpaired) electrons. The van der Waals surface area contributed by atoms with E-state index in [0.717, 1.165) is 38.5 Å². The van der Waals surface area contributed by atoms with Crippen LogP contribution in [-0.4, -0.2) is 68.8 Å². The summed E-state index contributed by atoms with van der Waals surface area (Å²) in [6.07, 6.45) is 10.7. The highest BCUT2D eigenvalue weighted by molar-refractivity contribution is 5.36. The Bertz CT molecular complexity index is 921. The molecule has 6 nitrogen and oxygen atoms in total. The standard InChI is InChI=1S/C33H54O6/c1-20-10-13-24(35)18-23(20)12-11-22-9-7-17-33(5)25(14-15-26(22)33)21(2)8-6-16-32(3,4)31-30(38)29(37)28(36)27(19-34)39-31/h11-12,21,24-31,34-38H,1,6-10,13-19H2,2-5H3/b22-11?,23-12-/t21-,24+,25-,26?,27-,28-,29+,30-,31-,33-/m1/s1. The fourth-order valence-corrected chi connectivity index (χ4v) is 8.58. The van der Waals surface area contributed by atoms with Crippen molar-refractivity contribution in [2.75, 3.05) is 6.61 Å². The van der Waals surface area contributed by atoms with Crippen LogP contribution in [0.4, 0.5) is 0 Å². The Labute approximate surface area is 235 Å². The Kier molecular flexibility index (Phi) is 9.88. The van der Waals surface area contributed by atoms with E-state index in [1.54, 1.807) is 5.57 Å². The molecule has 6 heteroatoms. The summed E-state index contributed by atoms with van der Waals surface area (Å²) in [6, 6.07) is 0. The number of fused-ring (bicyclic) bond motifs is 1. The predicted octanol–water partition coefficient (Wildman–Crippen LogP) is 4.83. The number of rotatable bonds is 8. The second-order valence-corrected chi connectivity index (χ2v) is 14.1. The molecule has 3 aliphatic carbocycles. The van der Waals surface area contributed by atoms with Crippen LogP contribution in [0, 0.1) is 28.6 Å². The summed E-state index contributed by atoms with van der Waals surface area (Å²) in [5.74, 6) is 1.90. The van der Waals surface area contributed by atoms with Gasteiger partial charge >= 0.3 is 0 Å². The van der Waals surface area contributed by atoms with Gasteiger partial charge in [-0.15, -0.1) is 0 Å². The van der Waals surface area contributed by atoms with Crippen LogP contribution in [0.1, 0.15) is 98.3 Å². The van der Waals surface area contributed by atoms with E-state index in [4.69, 9.17) is 4.74 Å². The highest BCUT2D eigenvalue weighted by Gasteiger charge is 2.51. The largest absolute Gasteiger partial charge is 0.394 e. The topological polar surface area (TPSA) is 110 Å². The fourth-order valence-electron chi connectivity index (χ4n) is 8.58. The monoisotopic (exact) mass is 546 g/mol. The lowest BCUT2D eigenvalue weighted by Gasteiger charge is -2.47. The van der Waals surface area contributed by atoms with E-state index in [1.165, 1.54) is 43.3 Å². The first-order chi connectivity index (χ1) is 18.4. The van der Waals surface area contributed by atoms with Gasteiger partial charge in [-0.05, 0) is 91.9 Å². The molecule has 0 aromatic carbocycles. The van der Waals surface area contributed by atoms with E-state index in [-0.39, 0.29) is 12.7 Å². The summed E-state index contributed by atoms with van der Waals surface area (Å²) < 4.78 is 5.89. The van der Waals surface area contributed by atoms with Gasteiger partial charge in [0.2, 0.25) is 0 Å². The minimum atomic E-state index is -1.32. The van der Waals surface area contributed by atoms with Crippen molar-refractivity contribution in [2.24, 2.45) is 28.6 Å². The third-order valence-corrected chi connectivity index (χ3v) is 11.1. The molecular formula is C33H54O6. The van der Waals surface area contributed by atoms with Gasteiger partial charge in [0, 0.05) is 0 Å². The van der Waals surface area contributed by atoms with Crippen molar-refractivity contribution in [1.82, 2.24) is 0 Å². The van der Waals surface area contributed by atoms with Crippen LogP contribution < -0.4 is 0 Å². The van der Waals surface area contributed by atoms with Gasteiger partial charge in [0.05, 0.1) is 18.8 Å². The summed E-state index contributed by atoms with van der Waals surface area (Å²) in [6.45, 7) is 12.9. The first-order valence-electron chi connectivity index (χ1n) is 15.5. The zero-order chi connectivity index (χ0) is 28.5. The number of aliphatic hydroxyl groups excluding tert-OH is 5.